The van der Waals surface area contributed by atoms with Gasteiger partial charge in [0.05, 0.1) is 16.8 Å². The molecule has 0 bridgehead atoms. The average molecular weight is 353 g/mol. The van der Waals surface area contributed by atoms with Crippen molar-refractivity contribution in [2.45, 2.75) is 44.4 Å². The lowest BCUT2D eigenvalue weighted by Gasteiger charge is -2.24. The quantitative estimate of drug-likeness (QED) is 0.701. The minimum Gasteiger partial charge on any atom is -0.339 e. The Labute approximate surface area is 144 Å². The van der Waals surface area contributed by atoms with Crippen LogP contribution in [-0.2, 0) is 4.79 Å². The van der Waals surface area contributed by atoms with Crippen molar-refractivity contribution >= 4 is 28.7 Å². The largest absolute Gasteiger partial charge is 0.339 e. The number of halogens is 2. The van der Waals surface area contributed by atoms with E-state index in [0.29, 0.717) is 23.0 Å². The Kier molecular flexibility index (Phi) is 5.08. The third kappa shape index (κ3) is 3.71. The summed E-state index contributed by atoms with van der Waals surface area (Å²) in [5, 5.41) is 0.194. The molecule has 0 aliphatic heterocycles. The highest BCUT2D eigenvalue weighted by molar-refractivity contribution is 7.99. The van der Waals surface area contributed by atoms with Crippen LogP contribution in [0.25, 0.3) is 11.0 Å². The molecular weight excluding hydrogens is 332 g/mol. The molecule has 4 nitrogen and oxygen atoms in total. The van der Waals surface area contributed by atoms with Crippen molar-refractivity contribution < 1.29 is 13.6 Å². The molecular formula is C17H21F2N3OS. The number of alkyl halides is 2. The predicted molar refractivity (Wildman–Crippen MR) is 91.3 cm³/mol. The Bertz CT molecular complexity index is 728. The molecule has 0 spiro atoms. The van der Waals surface area contributed by atoms with E-state index in [0.717, 1.165) is 35.7 Å². The van der Waals surface area contributed by atoms with Crippen LogP contribution in [0, 0.1) is 5.92 Å². The molecule has 1 heterocycles. The third-order valence-electron chi connectivity index (χ3n) is 3.95. The molecule has 0 unspecified atom stereocenters. The molecule has 1 aliphatic rings. The molecule has 24 heavy (non-hydrogen) atoms. The summed E-state index contributed by atoms with van der Waals surface area (Å²) in [6.07, 6.45) is 2.08. The van der Waals surface area contributed by atoms with Gasteiger partial charge in [0, 0.05) is 12.6 Å². The molecule has 1 aliphatic carbocycles. The molecule has 130 valence electrons. The van der Waals surface area contributed by atoms with Gasteiger partial charge >= 0.3 is 6.55 Å². The van der Waals surface area contributed by atoms with Crippen molar-refractivity contribution in [1.82, 2.24) is 14.5 Å². The van der Waals surface area contributed by atoms with Crippen LogP contribution in [0.2, 0.25) is 0 Å². The zero-order valence-electron chi connectivity index (χ0n) is 13.8. The number of carbonyl (C=O) groups excluding carboxylic acids is 1. The molecule has 0 saturated heterocycles. The molecule has 1 fully saturated rings. The minimum atomic E-state index is -2.68. The standard InChI is InChI=1S/C17H21F2N3OS/c1-11(2)9-21(12-7-8-12)15(23)10-24-17-20-13-5-3-4-6-14(13)22(17)16(18)19/h3-6,11-12,16H,7-10H2,1-2H3. The zero-order chi connectivity index (χ0) is 17.3. The van der Waals surface area contributed by atoms with E-state index in [-0.39, 0.29) is 16.8 Å². The minimum absolute atomic E-state index is 0.00377. The number of nitrogens with zero attached hydrogens (tertiary/aromatic N) is 3. The Hall–Kier alpha value is -1.63. The number of benzene rings is 1. The van der Waals surface area contributed by atoms with Gasteiger partial charge in [-0.05, 0) is 30.9 Å². The fourth-order valence-electron chi connectivity index (χ4n) is 2.76. The maximum atomic E-state index is 13.4. The van der Waals surface area contributed by atoms with Gasteiger partial charge in [-0.3, -0.25) is 9.36 Å². The van der Waals surface area contributed by atoms with Gasteiger partial charge in [-0.15, -0.1) is 0 Å². The molecule has 2 aromatic rings. The van der Waals surface area contributed by atoms with Crippen LogP contribution in [0.5, 0.6) is 0 Å². The normalized spacial score (nSPS) is 14.8. The Morgan fingerprint density at radius 3 is 2.71 bits per heavy atom. The van der Waals surface area contributed by atoms with E-state index in [9.17, 15) is 13.6 Å². The van der Waals surface area contributed by atoms with Crippen molar-refractivity contribution in [3.05, 3.63) is 24.3 Å². The SMILES string of the molecule is CC(C)CN(C(=O)CSc1nc2ccccc2n1C(F)F)C1CC1. The Morgan fingerprint density at radius 1 is 1.38 bits per heavy atom. The second-order valence-electron chi connectivity index (χ2n) is 6.49. The van der Waals surface area contributed by atoms with Crippen LogP contribution >= 0.6 is 11.8 Å². The summed E-state index contributed by atoms with van der Waals surface area (Å²) >= 11 is 1.09. The van der Waals surface area contributed by atoms with Crippen molar-refractivity contribution in [1.29, 1.82) is 0 Å². The third-order valence-corrected chi connectivity index (χ3v) is 4.89. The molecule has 0 N–H and O–H groups in total. The van der Waals surface area contributed by atoms with Gasteiger partial charge in [-0.2, -0.15) is 8.78 Å². The van der Waals surface area contributed by atoms with Crippen LogP contribution in [0.4, 0.5) is 8.78 Å². The van der Waals surface area contributed by atoms with E-state index in [4.69, 9.17) is 0 Å². The predicted octanol–water partition coefficient (Wildman–Crippen LogP) is 4.17. The first-order valence-electron chi connectivity index (χ1n) is 8.14. The lowest BCUT2D eigenvalue weighted by atomic mass is 10.2. The maximum Gasteiger partial charge on any atom is 0.321 e. The lowest BCUT2D eigenvalue weighted by molar-refractivity contribution is -0.129. The molecule has 1 aromatic heterocycles. The lowest BCUT2D eigenvalue weighted by Crippen LogP contribution is -2.37. The van der Waals surface area contributed by atoms with E-state index in [1.165, 1.54) is 0 Å². The summed E-state index contributed by atoms with van der Waals surface area (Å²) in [7, 11) is 0. The van der Waals surface area contributed by atoms with Crippen molar-refractivity contribution in [3.63, 3.8) is 0 Å². The van der Waals surface area contributed by atoms with Gasteiger partial charge < -0.3 is 4.90 Å². The number of carbonyl (C=O) groups is 1. The van der Waals surface area contributed by atoms with Crippen LogP contribution in [-0.4, -0.2) is 38.7 Å². The van der Waals surface area contributed by atoms with Crippen LogP contribution in [0.3, 0.4) is 0 Å². The number of fused-ring (bicyclic) bond motifs is 1. The number of hydrogen-bond acceptors (Lipinski definition) is 3. The van der Waals surface area contributed by atoms with Crippen molar-refractivity contribution in [2.24, 2.45) is 5.92 Å². The first kappa shape index (κ1) is 17.2. The van der Waals surface area contributed by atoms with Gasteiger partial charge in [-0.1, -0.05) is 37.7 Å². The number of rotatable bonds is 7. The molecule has 1 saturated carbocycles. The van der Waals surface area contributed by atoms with E-state index in [1.54, 1.807) is 24.3 Å². The molecule has 0 atom stereocenters. The first-order chi connectivity index (χ1) is 11.5. The summed E-state index contributed by atoms with van der Waals surface area (Å²) < 4.78 is 27.7. The second-order valence-corrected chi connectivity index (χ2v) is 7.43. The topological polar surface area (TPSA) is 38.1 Å². The molecule has 1 aromatic carbocycles. The summed E-state index contributed by atoms with van der Waals surface area (Å²) in [5.41, 5.74) is 0.914. The fourth-order valence-corrected chi connectivity index (χ4v) is 3.65. The van der Waals surface area contributed by atoms with E-state index >= 15 is 0 Å². The summed E-state index contributed by atoms with van der Waals surface area (Å²) in [5.74, 6) is 0.536. The molecule has 1 amide bonds. The number of thioether (sulfide) groups is 1. The number of imidazole rings is 1. The summed E-state index contributed by atoms with van der Waals surface area (Å²) in [4.78, 5) is 18.7. The summed E-state index contributed by atoms with van der Waals surface area (Å²) in [6.45, 7) is 2.19. The number of hydrogen-bond donors (Lipinski definition) is 0. The van der Waals surface area contributed by atoms with E-state index < -0.39 is 6.55 Å². The molecule has 0 radical (unpaired) electrons. The van der Waals surface area contributed by atoms with E-state index in [2.05, 4.69) is 18.8 Å². The monoisotopic (exact) mass is 353 g/mol. The van der Waals surface area contributed by atoms with Crippen LogP contribution in [0.15, 0.2) is 29.4 Å². The highest BCUT2D eigenvalue weighted by Gasteiger charge is 2.33. The highest BCUT2D eigenvalue weighted by atomic mass is 32.2. The smallest absolute Gasteiger partial charge is 0.321 e. The van der Waals surface area contributed by atoms with Crippen LogP contribution < -0.4 is 0 Å². The molecule has 3 rings (SSSR count). The van der Waals surface area contributed by atoms with Crippen LogP contribution in [0.1, 0.15) is 33.2 Å². The number of para-hydroxylation sites is 2. The van der Waals surface area contributed by atoms with E-state index in [1.807, 2.05) is 4.90 Å². The highest BCUT2D eigenvalue weighted by Crippen LogP contribution is 2.31. The first-order valence-corrected chi connectivity index (χ1v) is 9.13. The Balaban J connectivity index is 1.75. The number of amides is 1. The number of aromatic nitrogens is 2. The van der Waals surface area contributed by atoms with Gasteiger partial charge in [0.1, 0.15) is 0 Å². The zero-order valence-corrected chi connectivity index (χ0v) is 14.6. The van der Waals surface area contributed by atoms with Gasteiger partial charge in [0.2, 0.25) is 5.91 Å². The average Bonchev–Trinajstić information content (AvgIpc) is 3.29. The van der Waals surface area contributed by atoms with Gasteiger partial charge in [0.15, 0.2) is 5.16 Å². The second kappa shape index (κ2) is 7.09. The maximum absolute atomic E-state index is 13.4. The van der Waals surface area contributed by atoms with Gasteiger partial charge in [-0.25, -0.2) is 4.98 Å². The van der Waals surface area contributed by atoms with Crippen molar-refractivity contribution in [2.75, 3.05) is 12.3 Å². The Morgan fingerprint density at radius 2 is 2.08 bits per heavy atom. The van der Waals surface area contributed by atoms with Gasteiger partial charge in [0.25, 0.3) is 0 Å². The summed E-state index contributed by atoms with van der Waals surface area (Å²) in [6, 6.07) is 7.13. The molecule has 7 heteroatoms. The fraction of sp³-hybridized carbons (Fsp3) is 0.529. The van der Waals surface area contributed by atoms with Crippen molar-refractivity contribution in [3.8, 4) is 0 Å².